The number of rotatable bonds is 9. The molecule has 0 bridgehead atoms. The maximum Gasteiger partial charge on any atom is 0.236 e. The molecule has 0 aromatic carbocycles. The largest absolute Gasteiger partial charge is 0.385 e. The third kappa shape index (κ3) is 6.14. The number of carbonyl (C=O) groups is 1. The third-order valence-corrected chi connectivity index (χ3v) is 3.39. The van der Waals surface area contributed by atoms with Gasteiger partial charge < -0.3 is 15.4 Å². The number of amides is 1. The van der Waals surface area contributed by atoms with Gasteiger partial charge in [-0.1, -0.05) is 0 Å². The highest BCUT2D eigenvalue weighted by molar-refractivity contribution is 7.07. The fourth-order valence-corrected chi connectivity index (χ4v) is 2.24. The summed E-state index contributed by atoms with van der Waals surface area (Å²) < 4.78 is 4.92. The van der Waals surface area contributed by atoms with Crippen LogP contribution in [0.4, 0.5) is 0 Å². The fourth-order valence-electron chi connectivity index (χ4n) is 1.54. The SMILES string of the molecule is COCCCNC(=O)C(C)NCCc1ccsc1. The molecule has 1 amide bonds. The lowest BCUT2D eigenvalue weighted by atomic mass is 10.2. The number of ether oxygens (including phenoxy) is 1. The van der Waals surface area contributed by atoms with Crippen LogP contribution >= 0.6 is 11.3 Å². The van der Waals surface area contributed by atoms with Crippen LogP contribution in [0.15, 0.2) is 16.8 Å². The van der Waals surface area contributed by atoms with E-state index in [0.29, 0.717) is 13.2 Å². The van der Waals surface area contributed by atoms with Gasteiger partial charge >= 0.3 is 0 Å². The van der Waals surface area contributed by atoms with E-state index >= 15 is 0 Å². The van der Waals surface area contributed by atoms with Crippen molar-refractivity contribution in [2.75, 3.05) is 26.8 Å². The number of thiophene rings is 1. The molecule has 1 unspecified atom stereocenters. The van der Waals surface area contributed by atoms with Crippen molar-refractivity contribution in [3.63, 3.8) is 0 Å². The van der Waals surface area contributed by atoms with Crippen LogP contribution in [-0.4, -0.2) is 38.8 Å². The number of nitrogens with one attached hydrogen (secondary N) is 2. The zero-order valence-electron chi connectivity index (χ0n) is 11.1. The van der Waals surface area contributed by atoms with Crippen LogP contribution in [-0.2, 0) is 16.0 Å². The fraction of sp³-hybridized carbons (Fsp3) is 0.615. The van der Waals surface area contributed by atoms with Crippen molar-refractivity contribution in [1.82, 2.24) is 10.6 Å². The van der Waals surface area contributed by atoms with Gasteiger partial charge in [0.05, 0.1) is 6.04 Å². The van der Waals surface area contributed by atoms with Crippen LogP contribution in [0.3, 0.4) is 0 Å². The molecule has 1 atom stereocenters. The van der Waals surface area contributed by atoms with Crippen molar-refractivity contribution in [1.29, 1.82) is 0 Å². The minimum Gasteiger partial charge on any atom is -0.385 e. The van der Waals surface area contributed by atoms with Gasteiger partial charge in [0.2, 0.25) is 5.91 Å². The highest BCUT2D eigenvalue weighted by Gasteiger charge is 2.10. The molecular formula is C13H22N2O2S. The lowest BCUT2D eigenvalue weighted by Gasteiger charge is -2.13. The van der Waals surface area contributed by atoms with E-state index in [1.165, 1.54) is 5.56 Å². The van der Waals surface area contributed by atoms with Crippen molar-refractivity contribution in [2.45, 2.75) is 25.8 Å². The Morgan fingerprint density at radius 3 is 3.00 bits per heavy atom. The minimum absolute atomic E-state index is 0.0522. The zero-order chi connectivity index (χ0) is 13.2. The summed E-state index contributed by atoms with van der Waals surface area (Å²) in [6.45, 7) is 4.06. The topological polar surface area (TPSA) is 50.4 Å². The summed E-state index contributed by atoms with van der Waals surface area (Å²) in [5.41, 5.74) is 1.32. The molecule has 0 aliphatic rings. The smallest absolute Gasteiger partial charge is 0.236 e. The van der Waals surface area contributed by atoms with Crippen molar-refractivity contribution in [3.05, 3.63) is 22.4 Å². The Morgan fingerprint density at radius 1 is 1.50 bits per heavy atom. The van der Waals surface area contributed by atoms with Gasteiger partial charge in [0.1, 0.15) is 0 Å². The van der Waals surface area contributed by atoms with E-state index in [0.717, 1.165) is 19.4 Å². The first-order valence-corrected chi connectivity index (χ1v) is 7.19. The van der Waals surface area contributed by atoms with E-state index in [-0.39, 0.29) is 11.9 Å². The first kappa shape index (κ1) is 15.1. The van der Waals surface area contributed by atoms with Crippen LogP contribution < -0.4 is 10.6 Å². The summed E-state index contributed by atoms with van der Waals surface area (Å²) in [6.07, 6.45) is 1.81. The quantitative estimate of drug-likeness (QED) is 0.667. The molecule has 102 valence electrons. The van der Waals surface area contributed by atoms with E-state index < -0.39 is 0 Å². The van der Waals surface area contributed by atoms with Gasteiger partial charge in [0, 0.05) is 20.3 Å². The highest BCUT2D eigenvalue weighted by Crippen LogP contribution is 2.05. The van der Waals surface area contributed by atoms with Crippen molar-refractivity contribution in [2.24, 2.45) is 0 Å². The number of hydrogen-bond donors (Lipinski definition) is 2. The Labute approximate surface area is 113 Å². The molecule has 0 saturated heterocycles. The molecular weight excluding hydrogens is 248 g/mol. The predicted octanol–water partition coefficient (Wildman–Crippen LogP) is 1.42. The van der Waals surface area contributed by atoms with Crippen LogP contribution in [0.25, 0.3) is 0 Å². The first-order valence-electron chi connectivity index (χ1n) is 6.25. The van der Waals surface area contributed by atoms with Gasteiger partial charge in [-0.25, -0.2) is 0 Å². The summed E-state index contributed by atoms with van der Waals surface area (Å²) in [7, 11) is 1.66. The molecule has 0 aliphatic heterocycles. The molecule has 1 aromatic heterocycles. The average Bonchev–Trinajstić information content (AvgIpc) is 2.87. The van der Waals surface area contributed by atoms with Crippen molar-refractivity contribution in [3.8, 4) is 0 Å². The minimum atomic E-state index is -0.147. The Bertz CT molecular complexity index is 328. The van der Waals surface area contributed by atoms with Crippen LogP contribution in [0, 0.1) is 0 Å². The summed E-state index contributed by atoms with van der Waals surface area (Å²) in [6, 6.07) is 1.97. The lowest BCUT2D eigenvalue weighted by molar-refractivity contribution is -0.122. The second-order valence-corrected chi connectivity index (χ2v) is 4.97. The van der Waals surface area contributed by atoms with E-state index in [1.54, 1.807) is 18.4 Å². The number of methoxy groups -OCH3 is 1. The highest BCUT2D eigenvalue weighted by atomic mass is 32.1. The predicted molar refractivity (Wildman–Crippen MR) is 75.0 cm³/mol. The van der Waals surface area contributed by atoms with Crippen LogP contribution in [0.1, 0.15) is 18.9 Å². The van der Waals surface area contributed by atoms with Crippen molar-refractivity contribution < 1.29 is 9.53 Å². The summed E-state index contributed by atoms with van der Waals surface area (Å²) in [5, 5.41) is 10.3. The molecule has 1 rings (SSSR count). The molecule has 0 fully saturated rings. The van der Waals surface area contributed by atoms with Crippen LogP contribution in [0.5, 0.6) is 0 Å². The molecule has 0 spiro atoms. The van der Waals surface area contributed by atoms with Gasteiger partial charge in [-0.05, 0) is 48.7 Å². The zero-order valence-corrected chi connectivity index (χ0v) is 11.9. The number of hydrogen-bond acceptors (Lipinski definition) is 4. The van der Waals surface area contributed by atoms with Crippen molar-refractivity contribution >= 4 is 17.2 Å². The third-order valence-electron chi connectivity index (χ3n) is 2.66. The molecule has 4 nitrogen and oxygen atoms in total. The molecule has 1 heterocycles. The Morgan fingerprint density at radius 2 is 2.33 bits per heavy atom. The van der Waals surface area contributed by atoms with Gasteiger partial charge in [0.15, 0.2) is 0 Å². The molecule has 0 aliphatic carbocycles. The van der Waals surface area contributed by atoms with E-state index in [4.69, 9.17) is 4.74 Å². The second kappa shape index (κ2) is 9.08. The monoisotopic (exact) mass is 270 g/mol. The second-order valence-electron chi connectivity index (χ2n) is 4.19. The Hall–Kier alpha value is -0.910. The molecule has 5 heteroatoms. The average molecular weight is 270 g/mol. The lowest BCUT2D eigenvalue weighted by Crippen LogP contribution is -2.43. The van der Waals surface area contributed by atoms with E-state index in [2.05, 4.69) is 27.5 Å². The Balaban J connectivity index is 2.08. The molecule has 0 radical (unpaired) electrons. The van der Waals surface area contributed by atoms with Gasteiger partial charge in [-0.15, -0.1) is 0 Å². The maximum atomic E-state index is 11.7. The molecule has 0 saturated carbocycles. The molecule has 1 aromatic rings. The molecule has 2 N–H and O–H groups in total. The maximum absolute atomic E-state index is 11.7. The number of carbonyl (C=O) groups excluding carboxylic acids is 1. The summed E-state index contributed by atoms with van der Waals surface area (Å²) >= 11 is 1.70. The first-order chi connectivity index (χ1) is 8.74. The Kier molecular flexibility index (Phi) is 7.64. The van der Waals surface area contributed by atoms with Gasteiger partial charge in [-0.2, -0.15) is 11.3 Å². The van der Waals surface area contributed by atoms with Crippen LogP contribution in [0.2, 0.25) is 0 Å². The standard InChI is InChI=1S/C13H22N2O2S/c1-11(13(16)15-6-3-8-17-2)14-7-4-12-5-9-18-10-12/h5,9-11,14H,3-4,6-8H2,1-2H3,(H,15,16). The van der Waals surface area contributed by atoms with Gasteiger partial charge in [-0.3, -0.25) is 4.79 Å². The van der Waals surface area contributed by atoms with Gasteiger partial charge in [0.25, 0.3) is 0 Å². The summed E-state index contributed by atoms with van der Waals surface area (Å²) in [4.78, 5) is 11.7. The van der Waals surface area contributed by atoms with E-state index in [1.807, 2.05) is 6.92 Å². The normalized spacial score (nSPS) is 12.3. The summed E-state index contributed by atoms with van der Waals surface area (Å²) in [5.74, 6) is 0.0522. The molecule has 18 heavy (non-hydrogen) atoms. The van der Waals surface area contributed by atoms with E-state index in [9.17, 15) is 4.79 Å².